The molecule has 1 heterocycles. The lowest BCUT2D eigenvalue weighted by atomic mass is 9.99. The van der Waals surface area contributed by atoms with Crippen LogP contribution in [0.4, 0.5) is 0 Å². The Morgan fingerprint density at radius 3 is 2.81 bits per heavy atom. The van der Waals surface area contributed by atoms with Crippen LogP contribution in [0, 0.1) is 6.92 Å². The van der Waals surface area contributed by atoms with Gasteiger partial charge in [0.15, 0.2) is 0 Å². The molecule has 0 aliphatic heterocycles. The van der Waals surface area contributed by atoms with E-state index in [1.54, 1.807) is 13.1 Å². The van der Waals surface area contributed by atoms with Crippen LogP contribution >= 0.6 is 0 Å². The molecule has 0 bridgehead atoms. The maximum Gasteiger partial charge on any atom is 0.323 e. The van der Waals surface area contributed by atoms with Crippen molar-refractivity contribution < 1.29 is 9.90 Å². The average Bonchev–Trinajstić information content (AvgIpc) is 2.64. The second-order valence-corrected chi connectivity index (χ2v) is 4.09. The van der Waals surface area contributed by atoms with Crippen molar-refractivity contribution in [1.82, 2.24) is 14.9 Å². The molecule has 90 valence electrons. The molecule has 0 saturated heterocycles. The Bertz CT molecular complexity index is 362. The van der Waals surface area contributed by atoms with Gasteiger partial charge in [-0.15, -0.1) is 0 Å². The van der Waals surface area contributed by atoms with Crippen LogP contribution in [0.2, 0.25) is 0 Å². The molecule has 1 rings (SSSR count). The lowest BCUT2D eigenvalue weighted by Gasteiger charge is -2.24. The highest BCUT2D eigenvalue weighted by molar-refractivity contribution is 5.78. The van der Waals surface area contributed by atoms with Crippen molar-refractivity contribution >= 4 is 5.97 Å². The third-order valence-corrected chi connectivity index (χ3v) is 2.97. The summed E-state index contributed by atoms with van der Waals surface area (Å²) in [7, 11) is 0. The van der Waals surface area contributed by atoms with Crippen LogP contribution < -0.4 is 5.32 Å². The molecular formula is C11H19N3O2. The summed E-state index contributed by atoms with van der Waals surface area (Å²) in [6.07, 6.45) is 4.19. The first-order valence-electron chi connectivity index (χ1n) is 5.46. The van der Waals surface area contributed by atoms with Gasteiger partial charge in [-0.3, -0.25) is 4.79 Å². The number of aliphatic carboxylic acids is 1. The topological polar surface area (TPSA) is 67.2 Å². The highest BCUT2D eigenvalue weighted by Gasteiger charge is 2.29. The Labute approximate surface area is 95.5 Å². The van der Waals surface area contributed by atoms with Crippen LogP contribution in [0.1, 0.15) is 26.1 Å². The summed E-state index contributed by atoms with van der Waals surface area (Å²) in [4.78, 5) is 15.1. The van der Waals surface area contributed by atoms with E-state index >= 15 is 0 Å². The van der Waals surface area contributed by atoms with Gasteiger partial charge in [0.1, 0.15) is 11.4 Å². The van der Waals surface area contributed by atoms with Crippen molar-refractivity contribution in [3.05, 3.63) is 18.2 Å². The van der Waals surface area contributed by atoms with Gasteiger partial charge in [-0.05, 0) is 20.3 Å². The first-order valence-corrected chi connectivity index (χ1v) is 5.46. The molecule has 1 aromatic heterocycles. The number of carboxylic acid groups (broad SMARTS) is 1. The number of imidazole rings is 1. The van der Waals surface area contributed by atoms with Crippen LogP contribution in [0.3, 0.4) is 0 Å². The van der Waals surface area contributed by atoms with E-state index in [9.17, 15) is 4.79 Å². The van der Waals surface area contributed by atoms with E-state index in [0.717, 1.165) is 12.4 Å². The minimum Gasteiger partial charge on any atom is -0.480 e. The van der Waals surface area contributed by atoms with E-state index in [2.05, 4.69) is 10.3 Å². The lowest BCUT2D eigenvalue weighted by molar-refractivity contribution is -0.144. The van der Waals surface area contributed by atoms with Crippen molar-refractivity contribution in [2.75, 3.05) is 6.54 Å². The zero-order valence-electron chi connectivity index (χ0n) is 10.0. The molecule has 0 aromatic carbocycles. The van der Waals surface area contributed by atoms with Crippen molar-refractivity contribution in [3.63, 3.8) is 0 Å². The molecule has 1 unspecified atom stereocenters. The highest BCUT2D eigenvalue weighted by Crippen LogP contribution is 2.08. The number of carbonyl (C=O) groups is 1. The van der Waals surface area contributed by atoms with Gasteiger partial charge in [-0.1, -0.05) is 6.92 Å². The number of aryl methyl sites for hydroxylation is 1. The Morgan fingerprint density at radius 2 is 2.38 bits per heavy atom. The van der Waals surface area contributed by atoms with E-state index in [1.807, 2.05) is 24.6 Å². The average molecular weight is 225 g/mol. The minimum atomic E-state index is -0.839. The van der Waals surface area contributed by atoms with E-state index in [0.29, 0.717) is 13.0 Å². The van der Waals surface area contributed by atoms with Gasteiger partial charge in [0.05, 0.1) is 0 Å². The number of nitrogens with zero attached hydrogens (tertiary/aromatic N) is 2. The summed E-state index contributed by atoms with van der Waals surface area (Å²) in [6.45, 7) is 6.85. The third-order valence-electron chi connectivity index (χ3n) is 2.97. The molecular weight excluding hydrogens is 206 g/mol. The predicted molar refractivity (Wildman–Crippen MR) is 61.3 cm³/mol. The van der Waals surface area contributed by atoms with E-state index in [4.69, 9.17) is 5.11 Å². The predicted octanol–water partition coefficient (Wildman–Crippen LogP) is 1.03. The summed E-state index contributed by atoms with van der Waals surface area (Å²) in [5.74, 6) is 0.132. The Kier molecular flexibility index (Phi) is 4.06. The summed E-state index contributed by atoms with van der Waals surface area (Å²) < 4.78 is 1.99. The monoisotopic (exact) mass is 225 g/mol. The Morgan fingerprint density at radius 1 is 1.69 bits per heavy atom. The number of nitrogens with one attached hydrogen (secondary N) is 1. The van der Waals surface area contributed by atoms with E-state index in [1.165, 1.54) is 0 Å². The summed E-state index contributed by atoms with van der Waals surface area (Å²) in [5.41, 5.74) is -0.839. The molecule has 1 aromatic rings. The molecule has 0 aliphatic rings. The van der Waals surface area contributed by atoms with Gasteiger partial charge < -0.3 is 15.0 Å². The number of carboxylic acids is 1. The quantitative estimate of drug-likeness (QED) is 0.759. The first kappa shape index (κ1) is 12.7. The van der Waals surface area contributed by atoms with Crippen molar-refractivity contribution in [2.24, 2.45) is 0 Å². The van der Waals surface area contributed by atoms with Crippen LogP contribution in [-0.4, -0.2) is 32.7 Å². The number of rotatable bonds is 6. The van der Waals surface area contributed by atoms with Crippen molar-refractivity contribution in [2.45, 2.75) is 39.3 Å². The molecule has 0 spiro atoms. The largest absolute Gasteiger partial charge is 0.480 e. The molecule has 0 amide bonds. The molecule has 5 heteroatoms. The fourth-order valence-corrected chi connectivity index (χ4v) is 1.44. The zero-order chi connectivity index (χ0) is 12.2. The summed E-state index contributed by atoms with van der Waals surface area (Å²) in [6, 6.07) is 0. The molecule has 5 nitrogen and oxygen atoms in total. The van der Waals surface area contributed by atoms with E-state index < -0.39 is 11.5 Å². The van der Waals surface area contributed by atoms with Gasteiger partial charge in [-0.25, -0.2) is 4.98 Å². The fourth-order valence-electron chi connectivity index (χ4n) is 1.44. The minimum absolute atomic E-state index is 0.561. The first-order chi connectivity index (χ1) is 7.49. The molecule has 1 atom stereocenters. The maximum atomic E-state index is 11.0. The molecule has 0 radical (unpaired) electrons. The Hall–Kier alpha value is -1.36. The van der Waals surface area contributed by atoms with Crippen LogP contribution in [0.5, 0.6) is 0 Å². The summed E-state index contributed by atoms with van der Waals surface area (Å²) >= 11 is 0. The smallest absolute Gasteiger partial charge is 0.323 e. The number of hydrogen-bond donors (Lipinski definition) is 2. The number of aromatic nitrogens is 2. The summed E-state index contributed by atoms with van der Waals surface area (Å²) in [5, 5.41) is 12.1. The van der Waals surface area contributed by atoms with Gasteiger partial charge >= 0.3 is 5.97 Å². The van der Waals surface area contributed by atoms with Crippen molar-refractivity contribution in [3.8, 4) is 0 Å². The third kappa shape index (κ3) is 2.82. The highest BCUT2D eigenvalue weighted by atomic mass is 16.4. The van der Waals surface area contributed by atoms with Gasteiger partial charge in [0, 0.05) is 25.5 Å². The number of hydrogen-bond acceptors (Lipinski definition) is 3. The van der Waals surface area contributed by atoms with Gasteiger partial charge in [0.25, 0.3) is 0 Å². The van der Waals surface area contributed by atoms with Gasteiger partial charge in [0.2, 0.25) is 0 Å². The van der Waals surface area contributed by atoms with Crippen LogP contribution in [0.25, 0.3) is 0 Å². The van der Waals surface area contributed by atoms with E-state index in [-0.39, 0.29) is 0 Å². The van der Waals surface area contributed by atoms with Crippen LogP contribution in [-0.2, 0) is 11.3 Å². The second kappa shape index (κ2) is 5.12. The molecule has 2 N–H and O–H groups in total. The SMILES string of the molecule is CCC(C)(NCCn1ccnc1C)C(=O)O. The lowest BCUT2D eigenvalue weighted by Crippen LogP contribution is -2.49. The molecule has 0 saturated carbocycles. The van der Waals surface area contributed by atoms with Crippen LogP contribution in [0.15, 0.2) is 12.4 Å². The zero-order valence-corrected chi connectivity index (χ0v) is 10.0. The molecule has 0 aliphatic carbocycles. The molecule has 0 fully saturated rings. The van der Waals surface area contributed by atoms with Gasteiger partial charge in [-0.2, -0.15) is 0 Å². The standard InChI is InChI=1S/C11H19N3O2/c1-4-11(3,10(15)16)13-6-8-14-7-5-12-9(14)2/h5,7,13H,4,6,8H2,1-3H3,(H,15,16). The Balaban J connectivity index is 2.46. The maximum absolute atomic E-state index is 11.0. The fraction of sp³-hybridized carbons (Fsp3) is 0.636. The second-order valence-electron chi connectivity index (χ2n) is 4.09. The normalized spacial score (nSPS) is 14.7. The molecule has 16 heavy (non-hydrogen) atoms. The van der Waals surface area contributed by atoms with Crippen molar-refractivity contribution in [1.29, 1.82) is 0 Å².